The summed E-state index contributed by atoms with van der Waals surface area (Å²) in [5.74, 6) is 0.0827. The summed E-state index contributed by atoms with van der Waals surface area (Å²) in [6.07, 6.45) is 3.88. The number of nitrogens with zero attached hydrogens (tertiary/aromatic N) is 1. The highest BCUT2D eigenvalue weighted by Crippen LogP contribution is 2.29. The molecule has 0 radical (unpaired) electrons. The molecule has 1 saturated carbocycles. The number of hydrogen-bond acceptors (Lipinski definition) is 2. The molecule has 0 aromatic heterocycles. The van der Waals surface area contributed by atoms with E-state index in [4.69, 9.17) is 17.3 Å². The summed E-state index contributed by atoms with van der Waals surface area (Å²) in [6, 6.07) is 7.67. The van der Waals surface area contributed by atoms with Crippen LogP contribution in [0.15, 0.2) is 24.3 Å². The minimum atomic E-state index is -0.363. The van der Waals surface area contributed by atoms with E-state index in [0.29, 0.717) is 12.6 Å². The van der Waals surface area contributed by atoms with Crippen LogP contribution in [0.3, 0.4) is 0 Å². The fourth-order valence-electron chi connectivity index (χ4n) is 2.21. The summed E-state index contributed by atoms with van der Waals surface area (Å²) in [5.41, 5.74) is 7.06. The molecule has 112 valence electrons. The molecule has 3 nitrogen and oxygen atoms in total. The zero-order valence-corrected chi connectivity index (χ0v) is 13.3. The maximum Gasteiger partial charge on any atom is 0.240 e. The molecule has 0 saturated heterocycles. The highest BCUT2D eigenvalue weighted by atomic mass is 35.5. The summed E-state index contributed by atoms with van der Waals surface area (Å²) in [7, 11) is 0. The van der Waals surface area contributed by atoms with Crippen molar-refractivity contribution in [2.24, 2.45) is 5.73 Å². The zero-order valence-electron chi connectivity index (χ0n) is 11.7. The van der Waals surface area contributed by atoms with E-state index in [0.717, 1.165) is 36.3 Å². The van der Waals surface area contributed by atoms with Gasteiger partial charge >= 0.3 is 0 Å². The van der Waals surface area contributed by atoms with Gasteiger partial charge in [-0.05, 0) is 37.0 Å². The molecule has 0 heterocycles. The number of carbonyl (C=O) groups is 1. The van der Waals surface area contributed by atoms with Gasteiger partial charge in [0.25, 0.3) is 0 Å². The Balaban J connectivity index is 0.00000200. The van der Waals surface area contributed by atoms with Crippen molar-refractivity contribution in [1.82, 2.24) is 4.90 Å². The maximum atomic E-state index is 12.4. The van der Waals surface area contributed by atoms with Crippen molar-refractivity contribution in [1.29, 1.82) is 0 Å². The van der Waals surface area contributed by atoms with Crippen molar-refractivity contribution in [3.8, 4) is 0 Å². The molecule has 1 aromatic rings. The second-order valence-electron chi connectivity index (χ2n) is 5.22. The van der Waals surface area contributed by atoms with E-state index in [1.807, 2.05) is 36.1 Å². The average Bonchev–Trinajstić information content (AvgIpc) is 3.22. The quantitative estimate of drug-likeness (QED) is 0.874. The van der Waals surface area contributed by atoms with Gasteiger partial charge in [-0.1, -0.05) is 37.1 Å². The lowest BCUT2D eigenvalue weighted by molar-refractivity contribution is -0.134. The van der Waals surface area contributed by atoms with Gasteiger partial charge in [-0.3, -0.25) is 4.79 Å². The smallest absolute Gasteiger partial charge is 0.240 e. The number of nitrogens with two attached hydrogens (primary N) is 1. The molecule has 5 heteroatoms. The Labute approximate surface area is 131 Å². The second kappa shape index (κ2) is 7.87. The van der Waals surface area contributed by atoms with E-state index in [1.165, 1.54) is 0 Å². The van der Waals surface area contributed by atoms with Crippen LogP contribution in [0, 0.1) is 0 Å². The molecular formula is C15H22Cl2N2O. The highest BCUT2D eigenvalue weighted by molar-refractivity contribution is 6.30. The van der Waals surface area contributed by atoms with Crippen LogP contribution >= 0.6 is 24.0 Å². The topological polar surface area (TPSA) is 46.3 Å². The molecule has 1 unspecified atom stereocenters. The number of carbonyl (C=O) groups excluding carboxylic acids is 1. The first-order valence-corrected chi connectivity index (χ1v) is 7.30. The Bertz CT molecular complexity index is 432. The van der Waals surface area contributed by atoms with E-state index in [2.05, 4.69) is 0 Å². The van der Waals surface area contributed by atoms with Gasteiger partial charge in [0.1, 0.15) is 0 Å². The Morgan fingerprint density at radius 3 is 2.50 bits per heavy atom. The maximum absolute atomic E-state index is 12.4. The predicted molar refractivity (Wildman–Crippen MR) is 85.2 cm³/mol. The molecule has 1 amide bonds. The van der Waals surface area contributed by atoms with Crippen molar-refractivity contribution in [3.63, 3.8) is 0 Å². The first-order valence-electron chi connectivity index (χ1n) is 6.92. The van der Waals surface area contributed by atoms with Gasteiger partial charge in [-0.15, -0.1) is 12.4 Å². The van der Waals surface area contributed by atoms with Gasteiger partial charge < -0.3 is 10.6 Å². The van der Waals surface area contributed by atoms with Crippen LogP contribution in [0.4, 0.5) is 0 Å². The van der Waals surface area contributed by atoms with Crippen LogP contribution in [-0.2, 0) is 11.3 Å². The first kappa shape index (κ1) is 17.3. The highest BCUT2D eigenvalue weighted by Gasteiger charge is 2.34. The normalized spacial score (nSPS) is 15.3. The fraction of sp³-hybridized carbons (Fsp3) is 0.533. The Morgan fingerprint density at radius 2 is 2.00 bits per heavy atom. The summed E-state index contributed by atoms with van der Waals surface area (Å²) in [6.45, 7) is 2.69. The standard InChI is InChI=1S/C15H21ClN2O.ClH/c1-2-3-14(17)15(19)18(13-8-9-13)10-11-4-6-12(16)7-5-11;/h4-7,13-14H,2-3,8-10,17H2,1H3;1H. The summed E-state index contributed by atoms with van der Waals surface area (Å²) < 4.78 is 0. The Morgan fingerprint density at radius 1 is 1.40 bits per heavy atom. The van der Waals surface area contributed by atoms with E-state index < -0.39 is 0 Å². The van der Waals surface area contributed by atoms with Crippen molar-refractivity contribution in [2.45, 2.75) is 51.2 Å². The number of benzene rings is 1. The third kappa shape index (κ3) is 4.65. The average molecular weight is 317 g/mol. The molecule has 1 aliphatic carbocycles. The van der Waals surface area contributed by atoms with Crippen LogP contribution in [0.2, 0.25) is 5.02 Å². The largest absolute Gasteiger partial charge is 0.334 e. The van der Waals surface area contributed by atoms with E-state index in [1.54, 1.807) is 0 Å². The third-order valence-electron chi connectivity index (χ3n) is 3.45. The zero-order chi connectivity index (χ0) is 13.8. The van der Waals surface area contributed by atoms with Crippen molar-refractivity contribution in [2.75, 3.05) is 0 Å². The first-order chi connectivity index (χ1) is 9.11. The predicted octanol–water partition coefficient (Wildman–Crippen LogP) is 3.38. The van der Waals surface area contributed by atoms with Crippen LogP contribution in [-0.4, -0.2) is 22.9 Å². The van der Waals surface area contributed by atoms with Gasteiger partial charge in [0, 0.05) is 17.6 Å². The number of halogens is 2. The van der Waals surface area contributed by atoms with E-state index in [9.17, 15) is 4.79 Å². The second-order valence-corrected chi connectivity index (χ2v) is 5.66. The number of hydrogen-bond donors (Lipinski definition) is 1. The van der Waals surface area contributed by atoms with Crippen molar-refractivity contribution in [3.05, 3.63) is 34.9 Å². The molecule has 0 bridgehead atoms. The van der Waals surface area contributed by atoms with Crippen molar-refractivity contribution >= 4 is 29.9 Å². The molecule has 1 atom stereocenters. The van der Waals surface area contributed by atoms with Crippen LogP contribution in [0.5, 0.6) is 0 Å². The lowest BCUT2D eigenvalue weighted by Gasteiger charge is -2.25. The van der Waals surface area contributed by atoms with Crippen LogP contribution < -0.4 is 5.73 Å². The van der Waals surface area contributed by atoms with Crippen molar-refractivity contribution < 1.29 is 4.79 Å². The Hall–Kier alpha value is -0.770. The molecule has 0 spiro atoms. The van der Waals surface area contributed by atoms with Crippen LogP contribution in [0.1, 0.15) is 38.2 Å². The molecule has 20 heavy (non-hydrogen) atoms. The minimum Gasteiger partial charge on any atom is -0.334 e. The van der Waals surface area contributed by atoms with E-state index in [-0.39, 0.29) is 24.4 Å². The summed E-state index contributed by atoms with van der Waals surface area (Å²) in [4.78, 5) is 14.3. The summed E-state index contributed by atoms with van der Waals surface area (Å²) in [5, 5.41) is 0.718. The molecule has 2 rings (SSSR count). The van der Waals surface area contributed by atoms with E-state index >= 15 is 0 Å². The van der Waals surface area contributed by atoms with Crippen LogP contribution in [0.25, 0.3) is 0 Å². The minimum absolute atomic E-state index is 0. The molecule has 0 aliphatic heterocycles. The van der Waals surface area contributed by atoms with Gasteiger partial charge in [-0.25, -0.2) is 0 Å². The molecule has 2 N–H and O–H groups in total. The monoisotopic (exact) mass is 316 g/mol. The lowest BCUT2D eigenvalue weighted by atomic mass is 10.1. The molecule has 1 fully saturated rings. The molecular weight excluding hydrogens is 295 g/mol. The summed E-state index contributed by atoms with van der Waals surface area (Å²) >= 11 is 5.88. The fourth-order valence-corrected chi connectivity index (χ4v) is 2.33. The third-order valence-corrected chi connectivity index (χ3v) is 3.71. The Kier molecular flexibility index (Phi) is 6.80. The van der Waals surface area contributed by atoms with Gasteiger partial charge in [0.05, 0.1) is 6.04 Å². The van der Waals surface area contributed by atoms with Gasteiger partial charge in [0.2, 0.25) is 5.91 Å². The van der Waals surface area contributed by atoms with Gasteiger partial charge in [-0.2, -0.15) is 0 Å². The lowest BCUT2D eigenvalue weighted by Crippen LogP contribution is -2.44. The number of rotatable bonds is 6. The SMILES string of the molecule is CCCC(N)C(=O)N(Cc1ccc(Cl)cc1)C1CC1.Cl. The number of amides is 1. The molecule has 1 aromatic carbocycles. The van der Waals surface area contributed by atoms with Gasteiger partial charge in [0.15, 0.2) is 0 Å². The molecule has 1 aliphatic rings.